The van der Waals surface area contributed by atoms with Gasteiger partial charge in [-0.15, -0.1) is 0 Å². The van der Waals surface area contributed by atoms with E-state index >= 15 is 0 Å². The maximum Gasteiger partial charge on any atom is 0.157 e. The van der Waals surface area contributed by atoms with E-state index in [9.17, 15) is 0 Å². The molecule has 0 fully saturated rings. The van der Waals surface area contributed by atoms with Crippen molar-refractivity contribution in [2.24, 2.45) is 0 Å². The number of nitrogens with one attached hydrogen (secondary N) is 1. The maximum absolute atomic E-state index is 6.19. The Morgan fingerprint density at radius 1 is 1.15 bits per heavy atom. The molecule has 2 aromatic heterocycles. The fourth-order valence-corrected chi connectivity index (χ4v) is 3.67. The van der Waals surface area contributed by atoms with Crippen LogP contribution >= 0.6 is 11.6 Å². The van der Waals surface area contributed by atoms with E-state index in [0.29, 0.717) is 5.15 Å². The molecule has 0 aliphatic carbocycles. The van der Waals surface area contributed by atoms with E-state index in [2.05, 4.69) is 60.1 Å². The Hall–Kier alpha value is -2.60. The first-order valence-corrected chi connectivity index (χ1v) is 9.14. The molecule has 3 aromatic rings. The number of rotatable bonds is 5. The Labute approximate surface area is 157 Å². The fourth-order valence-electron chi connectivity index (χ4n) is 3.45. The Bertz CT molecular complexity index is 892. The third-order valence-electron chi connectivity index (χ3n) is 4.81. The molecule has 1 aliphatic rings. The first-order chi connectivity index (χ1) is 12.8. The number of hydrogen-bond donors (Lipinski definition) is 1. The minimum Gasteiger partial charge on any atom is -0.383 e. The number of imidazole rings is 1. The molecule has 4 rings (SSSR count). The van der Waals surface area contributed by atoms with Crippen LogP contribution in [0.3, 0.4) is 0 Å². The molecule has 0 atom stereocenters. The third kappa shape index (κ3) is 3.24. The molecule has 0 saturated heterocycles. The Morgan fingerprint density at radius 3 is 2.81 bits per heavy atom. The van der Waals surface area contributed by atoms with E-state index in [4.69, 9.17) is 11.6 Å². The summed E-state index contributed by atoms with van der Waals surface area (Å²) in [7, 11) is 1.84. The molecule has 0 bridgehead atoms. The number of aryl methyl sites for hydroxylation is 2. The smallest absolute Gasteiger partial charge is 0.157 e. The lowest BCUT2D eigenvalue weighted by atomic mass is 10.1. The molecule has 7 heteroatoms. The summed E-state index contributed by atoms with van der Waals surface area (Å²) >= 11 is 6.19. The van der Waals surface area contributed by atoms with Crippen molar-refractivity contribution in [3.8, 4) is 0 Å². The van der Waals surface area contributed by atoms with Crippen LogP contribution in [-0.4, -0.2) is 33.1 Å². The zero-order valence-corrected chi connectivity index (χ0v) is 15.4. The van der Waals surface area contributed by atoms with Gasteiger partial charge in [0.15, 0.2) is 11.0 Å². The van der Waals surface area contributed by atoms with Crippen molar-refractivity contribution >= 4 is 23.1 Å². The quantitative estimate of drug-likeness (QED) is 0.701. The first-order valence-electron chi connectivity index (χ1n) is 8.76. The van der Waals surface area contributed by atoms with Crippen molar-refractivity contribution < 1.29 is 0 Å². The van der Waals surface area contributed by atoms with E-state index in [-0.39, 0.29) is 0 Å². The van der Waals surface area contributed by atoms with Gasteiger partial charge in [-0.05, 0) is 12.0 Å². The Morgan fingerprint density at radius 2 is 2.00 bits per heavy atom. The average molecular weight is 369 g/mol. The van der Waals surface area contributed by atoms with Crippen LogP contribution in [0.15, 0.2) is 43.0 Å². The van der Waals surface area contributed by atoms with Crippen molar-refractivity contribution in [2.75, 3.05) is 23.8 Å². The van der Waals surface area contributed by atoms with Gasteiger partial charge in [-0.2, -0.15) is 0 Å². The predicted octanol–water partition coefficient (Wildman–Crippen LogP) is 3.17. The first kappa shape index (κ1) is 16.8. The van der Waals surface area contributed by atoms with Gasteiger partial charge in [0.25, 0.3) is 0 Å². The lowest BCUT2D eigenvalue weighted by molar-refractivity contribution is 0.622. The van der Waals surface area contributed by atoms with Crippen LogP contribution in [0.5, 0.6) is 0 Å². The fraction of sp³-hybridized carbons (Fsp3) is 0.316. The molecule has 1 aliphatic heterocycles. The molecule has 0 saturated carbocycles. The van der Waals surface area contributed by atoms with Crippen LogP contribution in [0, 0.1) is 0 Å². The van der Waals surface area contributed by atoms with E-state index in [1.54, 1.807) is 0 Å². The summed E-state index contributed by atoms with van der Waals surface area (Å²) in [6.07, 6.45) is 5.42. The largest absolute Gasteiger partial charge is 0.383 e. The van der Waals surface area contributed by atoms with Gasteiger partial charge in [-0.1, -0.05) is 41.9 Å². The topological polar surface area (TPSA) is 58.9 Å². The van der Waals surface area contributed by atoms with Gasteiger partial charge in [0.1, 0.15) is 12.0 Å². The normalized spacial score (nSPS) is 13.5. The van der Waals surface area contributed by atoms with Crippen LogP contribution in [0.25, 0.3) is 0 Å². The summed E-state index contributed by atoms with van der Waals surface area (Å²) in [6.45, 7) is 2.56. The number of halogens is 1. The van der Waals surface area contributed by atoms with Gasteiger partial charge in [-0.25, -0.2) is 15.0 Å². The van der Waals surface area contributed by atoms with Gasteiger partial charge in [0.2, 0.25) is 0 Å². The van der Waals surface area contributed by atoms with E-state index in [1.165, 1.54) is 17.6 Å². The number of benzene rings is 1. The minimum atomic E-state index is 0.441. The van der Waals surface area contributed by atoms with Crippen LogP contribution < -0.4 is 10.2 Å². The van der Waals surface area contributed by atoms with E-state index in [0.717, 1.165) is 49.7 Å². The number of hydrogen-bond acceptors (Lipinski definition) is 5. The van der Waals surface area contributed by atoms with Gasteiger partial charge in [-0.3, -0.25) is 0 Å². The number of nitrogens with zero attached hydrogens (tertiary/aromatic N) is 5. The second kappa shape index (κ2) is 7.33. The lowest BCUT2D eigenvalue weighted by Gasteiger charge is -2.29. The molecule has 134 valence electrons. The molecule has 0 unspecified atom stereocenters. The van der Waals surface area contributed by atoms with Crippen molar-refractivity contribution in [3.63, 3.8) is 0 Å². The molecule has 6 nitrogen and oxygen atoms in total. The highest BCUT2D eigenvalue weighted by Crippen LogP contribution is 2.31. The van der Waals surface area contributed by atoms with E-state index < -0.39 is 0 Å². The maximum atomic E-state index is 6.19. The van der Waals surface area contributed by atoms with Crippen LogP contribution in [0.1, 0.15) is 17.0 Å². The number of fused-ring (bicyclic) bond motifs is 1. The van der Waals surface area contributed by atoms with Crippen molar-refractivity contribution in [2.45, 2.75) is 25.9 Å². The molecule has 26 heavy (non-hydrogen) atoms. The minimum absolute atomic E-state index is 0.441. The molecule has 0 spiro atoms. The van der Waals surface area contributed by atoms with Crippen LogP contribution in [0.4, 0.5) is 11.5 Å². The molecular weight excluding hydrogens is 348 g/mol. The monoisotopic (exact) mass is 368 g/mol. The number of anilines is 2. The summed E-state index contributed by atoms with van der Waals surface area (Å²) in [5.74, 6) is 0.831. The van der Waals surface area contributed by atoms with Crippen molar-refractivity contribution in [1.82, 2.24) is 19.5 Å². The average Bonchev–Trinajstić information content (AvgIpc) is 3.09. The standard InChI is InChI=1S/C19H21ClN6/c1-21-17-18(20)22-12-23-19(17)25-10-8-16-15(11-25)24-13-26(16)9-7-14-5-3-2-4-6-14/h2-6,12-13,21H,7-11H2,1H3. The molecule has 3 heterocycles. The zero-order chi connectivity index (χ0) is 17.9. The number of aromatic nitrogens is 4. The Balaban J connectivity index is 1.51. The highest BCUT2D eigenvalue weighted by atomic mass is 35.5. The molecule has 0 radical (unpaired) electrons. The lowest BCUT2D eigenvalue weighted by Crippen LogP contribution is -2.32. The molecule has 0 amide bonds. The van der Waals surface area contributed by atoms with E-state index in [1.807, 2.05) is 13.4 Å². The van der Waals surface area contributed by atoms with Crippen LogP contribution in [-0.2, 0) is 25.9 Å². The molecular formula is C19H21ClN6. The Kier molecular flexibility index (Phi) is 4.75. The second-order valence-electron chi connectivity index (χ2n) is 6.35. The van der Waals surface area contributed by atoms with Crippen molar-refractivity contribution in [3.05, 3.63) is 65.1 Å². The molecule has 1 N–H and O–H groups in total. The van der Waals surface area contributed by atoms with Gasteiger partial charge < -0.3 is 14.8 Å². The van der Waals surface area contributed by atoms with Crippen LogP contribution in [0.2, 0.25) is 5.15 Å². The van der Waals surface area contributed by atoms with Gasteiger partial charge in [0.05, 0.1) is 18.6 Å². The van der Waals surface area contributed by atoms with Crippen molar-refractivity contribution in [1.29, 1.82) is 0 Å². The second-order valence-corrected chi connectivity index (χ2v) is 6.71. The van der Waals surface area contributed by atoms with Gasteiger partial charge in [0, 0.05) is 32.3 Å². The zero-order valence-electron chi connectivity index (χ0n) is 14.7. The third-order valence-corrected chi connectivity index (χ3v) is 5.09. The summed E-state index contributed by atoms with van der Waals surface area (Å²) in [6, 6.07) is 10.6. The highest BCUT2D eigenvalue weighted by Gasteiger charge is 2.24. The predicted molar refractivity (Wildman–Crippen MR) is 104 cm³/mol. The molecule has 1 aromatic carbocycles. The summed E-state index contributed by atoms with van der Waals surface area (Å²) in [5, 5.41) is 3.55. The van der Waals surface area contributed by atoms with Gasteiger partial charge >= 0.3 is 0 Å². The summed E-state index contributed by atoms with van der Waals surface area (Å²) in [5.41, 5.74) is 4.55. The summed E-state index contributed by atoms with van der Waals surface area (Å²) in [4.78, 5) is 15.3. The highest BCUT2D eigenvalue weighted by molar-refractivity contribution is 6.32. The SMILES string of the molecule is CNc1c(Cl)ncnc1N1CCc2c(ncn2CCc2ccccc2)C1. The summed E-state index contributed by atoms with van der Waals surface area (Å²) < 4.78 is 2.28.